The molecule has 1 aliphatic heterocycles. The highest BCUT2D eigenvalue weighted by Crippen LogP contribution is 2.22. The van der Waals surface area contributed by atoms with Gasteiger partial charge in [0, 0.05) is 24.8 Å². The summed E-state index contributed by atoms with van der Waals surface area (Å²) < 4.78 is 1.99. The predicted octanol–water partition coefficient (Wildman–Crippen LogP) is 2.66. The van der Waals surface area contributed by atoms with Gasteiger partial charge in [-0.05, 0) is 38.3 Å². The molecule has 0 spiro atoms. The average Bonchev–Trinajstić information content (AvgIpc) is 2.84. The van der Waals surface area contributed by atoms with Crippen molar-refractivity contribution in [1.29, 1.82) is 0 Å². The third-order valence-electron chi connectivity index (χ3n) is 4.08. The Labute approximate surface area is 130 Å². The molecule has 0 bridgehead atoms. The molecule has 1 aromatic carbocycles. The van der Waals surface area contributed by atoms with Gasteiger partial charge in [-0.25, -0.2) is 4.68 Å². The first-order chi connectivity index (χ1) is 10.5. The van der Waals surface area contributed by atoms with E-state index in [1.165, 1.54) is 0 Å². The number of amides is 1. The van der Waals surface area contributed by atoms with Gasteiger partial charge in [-0.15, -0.1) is 0 Å². The van der Waals surface area contributed by atoms with Crippen LogP contribution in [0.1, 0.15) is 23.2 Å². The number of anilines is 2. The monoisotopic (exact) mass is 298 g/mol. The smallest absolute Gasteiger partial charge is 0.243 e. The molecule has 2 heterocycles. The summed E-state index contributed by atoms with van der Waals surface area (Å²) in [5.41, 5.74) is 4.10. The Morgan fingerprint density at radius 2 is 1.95 bits per heavy atom. The normalized spacial score (nSPS) is 13.9. The third-order valence-corrected chi connectivity index (χ3v) is 4.08. The molecular formula is C17H22N4O. The lowest BCUT2D eigenvalue weighted by Gasteiger charge is -2.29. The van der Waals surface area contributed by atoms with E-state index in [4.69, 9.17) is 0 Å². The number of nitrogens with zero attached hydrogens (tertiary/aromatic N) is 3. The Balaban J connectivity index is 1.73. The standard InChI is InChI=1S/C17H22N4O/c1-12-6-4-7-13(2)17(12)18-15(22)11-20-8-5-9-21-16(20)10-14(3)19-21/h4,6-7,10H,5,8-9,11H2,1-3H3,(H,18,22). The van der Waals surface area contributed by atoms with E-state index in [9.17, 15) is 4.79 Å². The van der Waals surface area contributed by atoms with Gasteiger partial charge in [0.15, 0.2) is 0 Å². The van der Waals surface area contributed by atoms with Crippen molar-refractivity contribution in [2.45, 2.75) is 33.7 Å². The van der Waals surface area contributed by atoms with Crippen molar-refractivity contribution in [2.24, 2.45) is 0 Å². The van der Waals surface area contributed by atoms with Crippen molar-refractivity contribution in [3.63, 3.8) is 0 Å². The molecule has 0 aliphatic carbocycles. The lowest BCUT2D eigenvalue weighted by atomic mass is 10.1. The number of aromatic nitrogens is 2. The lowest BCUT2D eigenvalue weighted by molar-refractivity contribution is -0.115. The van der Waals surface area contributed by atoms with Gasteiger partial charge in [0.2, 0.25) is 5.91 Å². The van der Waals surface area contributed by atoms with Crippen LogP contribution < -0.4 is 10.2 Å². The Morgan fingerprint density at radius 1 is 1.23 bits per heavy atom. The number of aryl methyl sites for hydroxylation is 4. The van der Waals surface area contributed by atoms with Crippen molar-refractivity contribution >= 4 is 17.4 Å². The first-order valence-corrected chi connectivity index (χ1v) is 7.70. The maximum absolute atomic E-state index is 12.4. The third kappa shape index (κ3) is 2.84. The number of benzene rings is 1. The highest BCUT2D eigenvalue weighted by atomic mass is 16.2. The molecule has 116 valence electrons. The van der Waals surface area contributed by atoms with Crippen LogP contribution in [0.4, 0.5) is 11.5 Å². The second-order valence-corrected chi connectivity index (χ2v) is 5.96. The Bertz CT molecular complexity index is 684. The first kappa shape index (κ1) is 14.6. The minimum Gasteiger partial charge on any atom is -0.347 e. The summed E-state index contributed by atoms with van der Waals surface area (Å²) in [5.74, 6) is 1.06. The fraction of sp³-hybridized carbons (Fsp3) is 0.412. The quantitative estimate of drug-likeness (QED) is 0.948. The molecule has 1 aliphatic rings. The van der Waals surface area contributed by atoms with E-state index in [1.54, 1.807) is 0 Å². The maximum atomic E-state index is 12.4. The van der Waals surface area contributed by atoms with E-state index in [1.807, 2.05) is 49.7 Å². The van der Waals surface area contributed by atoms with Crippen LogP contribution in [0.15, 0.2) is 24.3 Å². The van der Waals surface area contributed by atoms with Crippen molar-refractivity contribution in [1.82, 2.24) is 9.78 Å². The molecule has 0 atom stereocenters. The number of rotatable bonds is 3. The molecule has 1 aromatic heterocycles. The summed E-state index contributed by atoms with van der Waals surface area (Å²) in [7, 11) is 0. The fourth-order valence-electron chi connectivity index (χ4n) is 3.00. The van der Waals surface area contributed by atoms with E-state index in [-0.39, 0.29) is 5.91 Å². The molecule has 5 heteroatoms. The zero-order valence-electron chi connectivity index (χ0n) is 13.4. The Kier molecular flexibility index (Phi) is 3.88. The number of fused-ring (bicyclic) bond motifs is 1. The molecule has 0 radical (unpaired) electrons. The van der Waals surface area contributed by atoms with Gasteiger partial charge in [-0.3, -0.25) is 4.79 Å². The van der Waals surface area contributed by atoms with Crippen LogP contribution in [0, 0.1) is 20.8 Å². The molecule has 22 heavy (non-hydrogen) atoms. The summed E-state index contributed by atoms with van der Waals surface area (Å²) in [4.78, 5) is 14.5. The molecule has 2 aromatic rings. The van der Waals surface area contributed by atoms with Crippen LogP contribution in [0.2, 0.25) is 0 Å². The molecule has 0 saturated carbocycles. The fourth-order valence-corrected chi connectivity index (χ4v) is 3.00. The minimum absolute atomic E-state index is 0.0182. The van der Waals surface area contributed by atoms with Gasteiger partial charge in [0.05, 0.1) is 12.2 Å². The van der Waals surface area contributed by atoms with E-state index in [0.29, 0.717) is 6.54 Å². The largest absolute Gasteiger partial charge is 0.347 e. The topological polar surface area (TPSA) is 50.2 Å². The molecule has 1 N–H and O–H groups in total. The number of nitrogens with one attached hydrogen (secondary N) is 1. The average molecular weight is 298 g/mol. The molecule has 3 rings (SSSR count). The highest BCUT2D eigenvalue weighted by Gasteiger charge is 2.21. The zero-order valence-corrected chi connectivity index (χ0v) is 13.4. The molecule has 0 unspecified atom stereocenters. The predicted molar refractivity (Wildman–Crippen MR) is 88.3 cm³/mol. The van der Waals surface area contributed by atoms with Crippen LogP contribution in [0.3, 0.4) is 0 Å². The zero-order chi connectivity index (χ0) is 15.7. The molecule has 1 amide bonds. The van der Waals surface area contributed by atoms with Gasteiger partial charge in [0.1, 0.15) is 5.82 Å². The molecular weight excluding hydrogens is 276 g/mol. The van der Waals surface area contributed by atoms with Gasteiger partial charge >= 0.3 is 0 Å². The summed E-state index contributed by atoms with van der Waals surface area (Å²) in [6.07, 6.45) is 1.02. The van der Waals surface area contributed by atoms with Gasteiger partial charge in [-0.1, -0.05) is 18.2 Å². The van der Waals surface area contributed by atoms with E-state index in [2.05, 4.69) is 15.3 Å². The SMILES string of the molecule is Cc1cc2n(n1)CCCN2CC(=O)Nc1c(C)cccc1C. The minimum atomic E-state index is 0.0182. The summed E-state index contributed by atoms with van der Waals surface area (Å²) in [6.45, 7) is 8.20. The van der Waals surface area contributed by atoms with E-state index in [0.717, 1.165) is 47.8 Å². The van der Waals surface area contributed by atoms with Crippen LogP contribution in [0.25, 0.3) is 0 Å². The van der Waals surface area contributed by atoms with Gasteiger partial charge in [0.25, 0.3) is 0 Å². The summed E-state index contributed by atoms with van der Waals surface area (Å²) in [5, 5.41) is 7.52. The van der Waals surface area contributed by atoms with Crippen molar-refractivity contribution in [3.05, 3.63) is 41.1 Å². The summed E-state index contributed by atoms with van der Waals surface area (Å²) in [6, 6.07) is 8.08. The second-order valence-electron chi connectivity index (χ2n) is 5.96. The van der Waals surface area contributed by atoms with Crippen molar-refractivity contribution in [3.8, 4) is 0 Å². The van der Waals surface area contributed by atoms with Crippen molar-refractivity contribution in [2.75, 3.05) is 23.3 Å². The lowest BCUT2D eigenvalue weighted by Crippen LogP contribution is -2.38. The van der Waals surface area contributed by atoms with Crippen LogP contribution in [0.5, 0.6) is 0 Å². The number of carbonyl (C=O) groups excluding carboxylic acids is 1. The number of para-hydroxylation sites is 1. The summed E-state index contributed by atoms with van der Waals surface area (Å²) >= 11 is 0. The van der Waals surface area contributed by atoms with Crippen LogP contribution in [-0.2, 0) is 11.3 Å². The second kappa shape index (κ2) is 5.83. The van der Waals surface area contributed by atoms with Crippen LogP contribution >= 0.6 is 0 Å². The number of carbonyl (C=O) groups is 1. The molecule has 5 nitrogen and oxygen atoms in total. The maximum Gasteiger partial charge on any atom is 0.243 e. The van der Waals surface area contributed by atoms with Crippen LogP contribution in [-0.4, -0.2) is 28.8 Å². The Hall–Kier alpha value is -2.30. The van der Waals surface area contributed by atoms with E-state index < -0.39 is 0 Å². The Morgan fingerprint density at radius 3 is 2.68 bits per heavy atom. The highest BCUT2D eigenvalue weighted by molar-refractivity contribution is 5.95. The molecule has 0 fully saturated rings. The van der Waals surface area contributed by atoms with Gasteiger partial charge < -0.3 is 10.2 Å². The number of hydrogen-bond donors (Lipinski definition) is 1. The molecule has 0 saturated heterocycles. The van der Waals surface area contributed by atoms with Gasteiger partial charge in [-0.2, -0.15) is 5.10 Å². The first-order valence-electron chi connectivity index (χ1n) is 7.70. The van der Waals surface area contributed by atoms with Crippen molar-refractivity contribution < 1.29 is 4.79 Å². The number of hydrogen-bond acceptors (Lipinski definition) is 3. The van der Waals surface area contributed by atoms with E-state index >= 15 is 0 Å².